The second kappa shape index (κ2) is 6.01. The Bertz CT molecular complexity index is 979. The third-order valence-electron chi connectivity index (χ3n) is 4.77. The number of carboxylic acids is 1. The van der Waals surface area contributed by atoms with E-state index in [9.17, 15) is 23.5 Å². The molecule has 138 valence electrons. The molecule has 0 spiro atoms. The molecule has 2 fully saturated rings. The summed E-state index contributed by atoms with van der Waals surface area (Å²) >= 11 is 0. The second-order valence-corrected chi connectivity index (χ2v) is 6.43. The van der Waals surface area contributed by atoms with E-state index >= 15 is 4.39 Å². The zero-order chi connectivity index (χ0) is 18.6. The third-order valence-corrected chi connectivity index (χ3v) is 4.77. The van der Waals surface area contributed by atoms with Gasteiger partial charge in [-0.2, -0.15) is 0 Å². The normalized spacial score (nSPS) is 17.7. The minimum atomic E-state index is -1.57. The Kier molecular flexibility index (Phi) is 3.91. The van der Waals surface area contributed by atoms with Crippen molar-refractivity contribution in [1.29, 1.82) is 0 Å². The molecule has 6 nitrogen and oxygen atoms in total. The van der Waals surface area contributed by atoms with Crippen molar-refractivity contribution in [2.75, 3.05) is 31.2 Å². The zero-order valence-corrected chi connectivity index (χ0v) is 13.6. The van der Waals surface area contributed by atoms with Gasteiger partial charge in [0.25, 0.3) is 0 Å². The summed E-state index contributed by atoms with van der Waals surface area (Å²) in [6.45, 7) is 0.844. The maximum absolute atomic E-state index is 15.3. The molecule has 1 aromatic heterocycles. The van der Waals surface area contributed by atoms with Crippen LogP contribution in [0, 0.1) is 17.5 Å². The Morgan fingerprint density at radius 1 is 1.12 bits per heavy atom. The van der Waals surface area contributed by atoms with E-state index in [0.29, 0.717) is 12.8 Å². The van der Waals surface area contributed by atoms with Gasteiger partial charge in [0.15, 0.2) is 17.5 Å². The van der Waals surface area contributed by atoms with E-state index in [-0.39, 0.29) is 37.9 Å². The fourth-order valence-electron chi connectivity index (χ4n) is 3.34. The Hall–Kier alpha value is -2.55. The van der Waals surface area contributed by atoms with Crippen molar-refractivity contribution in [3.8, 4) is 0 Å². The molecule has 1 aromatic carbocycles. The molecule has 4 rings (SSSR count). The summed E-state index contributed by atoms with van der Waals surface area (Å²) < 4.78 is 51.1. The maximum atomic E-state index is 15.3. The molecule has 1 aliphatic carbocycles. The van der Waals surface area contributed by atoms with Crippen LogP contribution in [0.4, 0.5) is 18.9 Å². The van der Waals surface area contributed by atoms with Crippen LogP contribution < -0.4 is 10.3 Å². The van der Waals surface area contributed by atoms with Gasteiger partial charge in [-0.15, -0.1) is 0 Å². The maximum Gasteiger partial charge on any atom is 0.341 e. The van der Waals surface area contributed by atoms with E-state index in [0.717, 1.165) is 6.20 Å². The van der Waals surface area contributed by atoms with Gasteiger partial charge in [0.1, 0.15) is 11.3 Å². The first-order chi connectivity index (χ1) is 12.4. The van der Waals surface area contributed by atoms with E-state index in [2.05, 4.69) is 0 Å². The number of hydrogen-bond donors (Lipinski definition) is 1. The van der Waals surface area contributed by atoms with Crippen LogP contribution in [-0.2, 0) is 4.74 Å². The predicted molar refractivity (Wildman–Crippen MR) is 86.3 cm³/mol. The number of carbonyl (C=O) groups is 1. The highest BCUT2D eigenvalue weighted by Gasteiger charge is 2.33. The number of rotatable bonds is 3. The lowest BCUT2D eigenvalue weighted by atomic mass is 10.1. The first-order valence-corrected chi connectivity index (χ1v) is 8.23. The summed E-state index contributed by atoms with van der Waals surface area (Å²) in [7, 11) is 0. The van der Waals surface area contributed by atoms with Crippen LogP contribution in [0.3, 0.4) is 0 Å². The number of nitrogens with zero attached hydrogens (tertiary/aromatic N) is 2. The fraction of sp³-hybridized carbons (Fsp3) is 0.412. The average molecular weight is 368 g/mol. The molecule has 1 saturated heterocycles. The molecule has 2 heterocycles. The van der Waals surface area contributed by atoms with Crippen molar-refractivity contribution < 1.29 is 27.8 Å². The fourth-order valence-corrected chi connectivity index (χ4v) is 3.34. The molecule has 1 saturated carbocycles. The molecule has 0 amide bonds. The van der Waals surface area contributed by atoms with Gasteiger partial charge in [-0.25, -0.2) is 18.0 Å². The van der Waals surface area contributed by atoms with Gasteiger partial charge in [0, 0.05) is 25.3 Å². The average Bonchev–Trinajstić information content (AvgIpc) is 3.45. The zero-order valence-electron chi connectivity index (χ0n) is 13.6. The van der Waals surface area contributed by atoms with Crippen molar-refractivity contribution in [2.24, 2.45) is 0 Å². The number of pyridine rings is 1. The number of anilines is 1. The van der Waals surface area contributed by atoms with Gasteiger partial charge >= 0.3 is 5.97 Å². The van der Waals surface area contributed by atoms with Crippen LogP contribution in [0.5, 0.6) is 0 Å². The number of carboxylic acid groups (broad SMARTS) is 1. The highest BCUT2D eigenvalue weighted by molar-refractivity contribution is 5.94. The first-order valence-electron chi connectivity index (χ1n) is 8.23. The molecule has 2 aromatic rings. The summed E-state index contributed by atoms with van der Waals surface area (Å²) in [6.07, 6.45) is 2.30. The summed E-state index contributed by atoms with van der Waals surface area (Å²) in [5, 5.41) is 8.34. The number of ether oxygens (including phenoxy) is 1. The molecule has 0 radical (unpaired) electrons. The predicted octanol–water partition coefficient (Wildman–Crippen LogP) is 2.29. The number of aromatic carboxylic acids is 1. The van der Waals surface area contributed by atoms with Crippen LogP contribution in [-0.4, -0.2) is 41.9 Å². The molecular weight excluding hydrogens is 353 g/mol. The van der Waals surface area contributed by atoms with Crippen molar-refractivity contribution >= 4 is 22.6 Å². The Morgan fingerprint density at radius 2 is 1.77 bits per heavy atom. The van der Waals surface area contributed by atoms with Gasteiger partial charge in [0.05, 0.1) is 24.1 Å². The first kappa shape index (κ1) is 16.9. The largest absolute Gasteiger partial charge is 0.477 e. The smallest absolute Gasteiger partial charge is 0.341 e. The molecule has 0 atom stereocenters. The lowest BCUT2D eigenvalue weighted by molar-refractivity contribution is 0.0694. The van der Waals surface area contributed by atoms with E-state index < -0.39 is 45.5 Å². The number of benzene rings is 1. The van der Waals surface area contributed by atoms with Gasteiger partial charge in [0.2, 0.25) is 5.43 Å². The molecule has 1 aliphatic heterocycles. The Balaban J connectivity index is 2.09. The lowest BCUT2D eigenvalue weighted by Gasteiger charge is -2.30. The highest BCUT2D eigenvalue weighted by Crippen LogP contribution is 2.40. The van der Waals surface area contributed by atoms with Crippen molar-refractivity contribution in [3.05, 3.63) is 39.4 Å². The van der Waals surface area contributed by atoms with Crippen LogP contribution in [0.25, 0.3) is 10.9 Å². The van der Waals surface area contributed by atoms with Crippen LogP contribution in [0.1, 0.15) is 29.2 Å². The Labute approximate surface area is 145 Å². The minimum Gasteiger partial charge on any atom is -0.477 e. The summed E-state index contributed by atoms with van der Waals surface area (Å²) in [4.78, 5) is 25.0. The number of morpholine rings is 1. The topological polar surface area (TPSA) is 71.8 Å². The van der Waals surface area contributed by atoms with Gasteiger partial charge < -0.3 is 19.3 Å². The summed E-state index contributed by atoms with van der Waals surface area (Å²) in [6, 6.07) is -0.242. The molecule has 26 heavy (non-hydrogen) atoms. The number of fused-ring (bicyclic) bond motifs is 1. The molecular formula is C17H15F3N2O4. The van der Waals surface area contributed by atoms with E-state index in [1.807, 2.05) is 0 Å². The number of hydrogen-bond acceptors (Lipinski definition) is 4. The van der Waals surface area contributed by atoms with Crippen LogP contribution in [0.15, 0.2) is 11.0 Å². The van der Waals surface area contributed by atoms with Gasteiger partial charge in [-0.05, 0) is 12.8 Å². The van der Waals surface area contributed by atoms with Gasteiger partial charge in [-0.1, -0.05) is 0 Å². The standard InChI is InChI=1S/C17H15F3N2O4/c18-11-10-14(13(20)15(12(11)19)21-3-5-26-6-4-21)22(8-1-2-8)7-9(16(10)23)17(24)25/h7-8H,1-6H2,(H,24,25). The van der Waals surface area contributed by atoms with E-state index in [1.165, 1.54) is 9.47 Å². The Morgan fingerprint density at radius 3 is 2.35 bits per heavy atom. The third kappa shape index (κ3) is 2.45. The van der Waals surface area contributed by atoms with Crippen molar-refractivity contribution in [3.63, 3.8) is 0 Å². The molecule has 2 aliphatic rings. The quantitative estimate of drug-likeness (QED) is 0.842. The van der Waals surface area contributed by atoms with E-state index in [1.54, 1.807) is 0 Å². The molecule has 1 N–H and O–H groups in total. The monoisotopic (exact) mass is 368 g/mol. The van der Waals surface area contributed by atoms with Crippen LogP contribution in [0.2, 0.25) is 0 Å². The van der Waals surface area contributed by atoms with Crippen LogP contribution >= 0.6 is 0 Å². The highest BCUT2D eigenvalue weighted by atomic mass is 19.2. The van der Waals surface area contributed by atoms with Crippen molar-refractivity contribution in [1.82, 2.24) is 4.57 Å². The second-order valence-electron chi connectivity index (χ2n) is 6.43. The van der Waals surface area contributed by atoms with Crippen molar-refractivity contribution in [2.45, 2.75) is 18.9 Å². The minimum absolute atomic E-state index is 0.180. The number of aromatic nitrogens is 1. The van der Waals surface area contributed by atoms with Gasteiger partial charge in [-0.3, -0.25) is 4.79 Å². The molecule has 9 heteroatoms. The summed E-state index contributed by atoms with van der Waals surface area (Å²) in [5.41, 5.74) is -2.87. The molecule has 0 unspecified atom stereocenters. The molecule has 0 bridgehead atoms. The number of halogens is 3. The lowest BCUT2D eigenvalue weighted by Crippen LogP contribution is -2.38. The van der Waals surface area contributed by atoms with E-state index in [4.69, 9.17) is 4.74 Å². The SMILES string of the molecule is O=C(O)c1cn(C2CC2)c2c(F)c(N3CCOCC3)c(F)c(F)c2c1=O. The summed E-state index contributed by atoms with van der Waals surface area (Å²) in [5.74, 6) is -5.63.